The number of nitriles is 1. The number of carboxylic acids is 1. The number of aromatic amines is 1. The molecule has 12 nitrogen and oxygen atoms in total. The molecule has 1 amide bonds. The quantitative estimate of drug-likeness (QED) is 0.367. The second-order valence-corrected chi connectivity index (χ2v) is 9.20. The second kappa shape index (κ2) is 11.4. The van der Waals surface area contributed by atoms with Gasteiger partial charge in [-0.25, -0.2) is 14.8 Å². The van der Waals surface area contributed by atoms with E-state index in [-0.39, 0.29) is 12.1 Å². The first kappa shape index (κ1) is 30.8. The van der Waals surface area contributed by atoms with Crippen molar-refractivity contribution in [3.05, 3.63) is 41.9 Å². The Kier molecular flexibility index (Phi) is 8.60. The highest BCUT2D eigenvalue weighted by molar-refractivity contribution is 5.92. The number of amides is 1. The highest BCUT2D eigenvalue weighted by Crippen LogP contribution is 2.37. The molecule has 220 valence electrons. The third-order valence-corrected chi connectivity index (χ3v) is 6.16. The van der Waals surface area contributed by atoms with Crippen molar-refractivity contribution in [2.75, 3.05) is 18.0 Å². The van der Waals surface area contributed by atoms with Gasteiger partial charge in [-0.1, -0.05) is 0 Å². The zero-order chi connectivity index (χ0) is 30.8. The highest BCUT2D eigenvalue weighted by atomic mass is 19.4. The minimum absolute atomic E-state index is 0.216. The number of carboxylic acid groups (broad SMARTS) is 1. The molecular formula is C23H23F6N9O3. The van der Waals surface area contributed by atoms with Gasteiger partial charge >= 0.3 is 18.3 Å². The lowest BCUT2D eigenvalue weighted by Gasteiger charge is -2.49. The molecule has 1 saturated heterocycles. The van der Waals surface area contributed by atoms with Crippen LogP contribution in [-0.4, -0.2) is 78.4 Å². The van der Waals surface area contributed by atoms with E-state index < -0.39 is 35.8 Å². The number of H-pyrrole nitrogens is 1. The fourth-order valence-electron chi connectivity index (χ4n) is 3.85. The van der Waals surface area contributed by atoms with Gasteiger partial charge in [-0.2, -0.15) is 41.8 Å². The average molecular weight is 587 g/mol. The normalized spacial score (nSPS) is 15.2. The fraction of sp³-hybridized carbons (Fsp3) is 0.435. The molecule has 0 aliphatic carbocycles. The van der Waals surface area contributed by atoms with Gasteiger partial charge in [-0.15, -0.1) is 0 Å². The van der Waals surface area contributed by atoms with E-state index in [1.807, 2.05) is 30.3 Å². The number of anilines is 1. The van der Waals surface area contributed by atoms with Gasteiger partial charge in [0.25, 0.3) is 5.91 Å². The summed E-state index contributed by atoms with van der Waals surface area (Å²) in [7, 11) is 0. The summed E-state index contributed by atoms with van der Waals surface area (Å²) in [5.41, 5.74) is 2.79. The van der Waals surface area contributed by atoms with Gasteiger partial charge in [-0.3, -0.25) is 14.6 Å². The summed E-state index contributed by atoms with van der Waals surface area (Å²) in [6, 6.07) is 0.220. The van der Waals surface area contributed by atoms with Gasteiger partial charge < -0.3 is 15.3 Å². The smallest absolute Gasteiger partial charge is 0.475 e. The Morgan fingerprint density at radius 2 is 1.78 bits per heavy atom. The largest absolute Gasteiger partial charge is 0.490 e. The van der Waals surface area contributed by atoms with E-state index in [0.717, 1.165) is 35.6 Å². The van der Waals surface area contributed by atoms with E-state index >= 15 is 0 Å². The monoisotopic (exact) mass is 587 g/mol. The number of halogens is 6. The van der Waals surface area contributed by atoms with Crippen LogP contribution < -0.4 is 10.2 Å². The van der Waals surface area contributed by atoms with Crippen LogP contribution in [0, 0.1) is 25.2 Å². The summed E-state index contributed by atoms with van der Waals surface area (Å²) in [4.78, 5) is 30.9. The molecule has 1 aliphatic rings. The third-order valence-electron chi connectivity index (χ3n) is 6.16. The van der Waals surface area contributed by atoms with Crippen molar-refractivity contribution in [2.24, 2.45) is 0 Å². The van der Waals surface area contributed by atoms with E-state index in [1.54, 1.807) is 10.9 Å². The van der Waals surface area contributed by atoms with Crippen LogP contribution in [0.25, 0.3) is 11.1 Å². The minimum Gasteiger partial charge on any atom is -0.475 e. The Labute approximate surface area is 228 Å². The number of carbonyl (C=O) groups is 2. The maximum Gasteiger partial charge on any atom is 0.490 e. The predicted molar refractivity (Wildman–Crippen MR) is 128 cm³/mol. The molecule has 1 aliphatic heterocycles. The summed E-state index contributed by atoms with van der Waals surface area (Å²) in [5.74, 6) is -3.27. The molecule has 1 atom stereocenters. The Morgan fingerprint density at radius 1 is 1.15 bits per heavy atom. The van der Waals surface area contributed by atoms with Gasteiger partial charge in [0.2, 0.25) is 0 Å². The Bertz CT molecular complexity index is 1430. The SMILES string of the molecule is Cc1nn(C2(CC#N)CN(c3cnc(C(=O)NC(C)C(F)(F)F)cn3)C2)cc1-c1cn[nH]c1C.O=C(O)C(F)(F)F. The van der Waals surface area contributed by atoms with Crippen LogP contribution in [0.4, 0.5) is 32.2 Å². The van der Waals surface area contributed by atoms with Crippen molar-refractivity contribution in [3.63, 3.8) is 0 Å². The molecule has 0 radical (unpaired) electrons. The topological polar surface area (TPSA) is 166 Å². The molecule has 4 rings (SSSR count). The Morgan fingerprint density at radius 3 is 2.24 bits per heavy atom. The number of nitrogens with zero attached hydrogens (tertiary/aromatic N) is 7. The van der Waals surface area contributed by atoms with Crippen LogP contribution in [0.5, 0.6) is 0 Å². The molecule has 1 unspecified atom stereocenters. The molecule has 0 bridgehead atoms. The molecule has 3 aromatic heterocycles. The first-order valence-electron chi connectivity index (χ1n) is 11.7. The predicted octanol–water partition coefficient (Wildman–Crippen LogP) is 3.12. The van der Waals surface area contributed by atoms with E-state index in [9.17, 15) is 36.4 Å². The van der Waals surface area contributed by atoms with E-state index in [2.05, 4.69) is 31.3 Å². The lowest BCUT2D eigenvalue weighted by atomic mass is 9.87. The number of aliphatic carboxylic acids is 1. The van der Waals surface area contributed by atoms with Crippen molar-refractivity contribution < 1.29 is 41.0 Å². The van der Waals surface area contributed by atoms with E-state index in [1.165, 1.54) is 6.20 Å². The van der Waals surface area contributed by atoms with Gasteiger partial charge in [-0.05, 0) is 20.8 Å². The highest BCUT2D eigenvalue weighted by Gasteiger charge is 2.46. The molecule has 41 heavy (non-hydrogen) atoms. The van der Waals surface area contributed by atoms with Crippen LogP contribution in [0.2, 0.25) is 0 Å². The summed E-state index contributed by atoms with van der Waals surface area (Å²) >= 11 is 0. The number of nitrogens with one attached hydrogen (secondary N) is 2. The number of hydrogen-bond acceptors (Lipinski definition) is 8. The van der Waals surface area contributed by atoms with Crippen molar-refractivity contribution in [1.82, 2.24) is 35.3 Å². The number of aryl methyl sites for hydroxylation is 2. The lowest BCUT2D eigenvalue weighted by molar-refractivity contribution is -0.192. The van der Waals surface area contributed by atoms with Crippen LogP contribution in [0.1, 0.15) is 35.2 Å². The maximum atomic E-state index is 12.7. The van der Waals surface area contributed by atoms with E-state index in [0.29, 0.717) is 18.9 Å². The zero-order valence-electron chi connectivity index (χ0n) is 21.7. The molecule has 0 spiro atoms. The molecule has 0 aromatic carbocycles. The number of rotatable bonds is 6. The van der Waals surface area contributed by atoms with Gasteiger partial charge in [0.15, 0.2) is 0 Å². The first-order valence-corrected chi connectivity index (χ1v) is 11.7. The number of carbonyl (C=O) groups excluding carboxylic acids is 1. The minimum atomic E-state index is -5.08. The fourth-order valence-corrected chi connectivity index (χ4v) is 3.85. The summed E-state index contributed by atoms with van der Waals surface area (Å²) in [6.45, 7) is 5.52. The van der Waals surface area contributed by atoms with Crippen LogP contribution >= 0.6 is 0 Å². The lowest BCUT2D eigenvalue weighted by Crippen LogP contribution is -2.63. The summed E-state index contributed by atoms with van der Waals surface area (Å²) in [5, 5.41) is 30.0. The van der Waals surface area contributed by atoms with Gasteiger partial charge in [0.1, 0.15) is 23.1 Å². The zero-order valence-corrected chi connectivity index (χ0v) is 21.7. The van der Waals surface area contributed by atoms with Crippen molar-refractivity contribution in [1.29, 1.82) is 5.26 Å². The van der Waals surface area contributed by atoms with Crippen molar-refractivity contribution in [2.45, 2.75) is 51.1 Å². The van der Waals surface area contributed by atoms with Crippen LogP contribution in [-0.2, 0) is 10.3 Å². The maximum absolute atomic E-state index is 12.7. The molecule has 3 aromatic rings. The third kappa shape index (κ3) is 6.91. The average Bonchev–Trinajstić information content (AvgIpc) is 3.45. The first-order chi connectivity index (χ1) is 19.0. The van der Waals surface area contributed by atoms with Crippen molar-refractivity contribution >= 4 is 17.7 Å². The van der Waals surface area contributed by atoms with Gasteiger partial charge in [0.05, 0.1) is 36.8 Å². The Hall–Kier alpha value is -4.69. The summed E-state index contributed by atoms with van der Waals surface area (Å²) < 4.78 is 71.5. The molecule has 1 fully saturated rings. The standard InChI is InChI=1S/C21H22F3N9O.C2HF3O2/c1-12-15(6-28-30-12)16-9-33(31-13(16)2)20(4-5-25)10-32(11-20)18-8-26-17(7-27-18)19(34)29-14(3)21(22,23)24;3-2(4,5)1(6)7/h6-9,14H,4,10-11H2,1-3H3,(H,28,30)(H,29,34);(H,6,7). The van der Waals surface area contributed by atoms with E-state index in [4.69, 9.17) is 9.90 Å². The molecule has 4 heterocycles. The second-order valence-electron chi connectivity index (χ2n) is 9.20. The number of hydrogen-bond donors (Lipinski definition) is 3. The molecule has 0 saturated carbocycles. The number of alkyl halides is 6. The number of aromatic nitrogens is 6. The molecular weight excluding hydrogens is 564 g/mol. The molecule has 18 heteroatoms. The van der Waals surface area contributed by atoms with Gasteiger partial charge in [0, 0.05) is 36.1 Å². The van der Waals surface area contributed by atoms with Crippen molar-refractivity contribution in [3.8, 4) is 17.2 Å². The molecule has 3 N–H and O–H groups in total. The van der Waals surface area contributed by atoms with Crippen LogP contribution in [0.15, 0.2) is 24.8 Å². The summed E-state index contributed by atoms with van der Waals surface area (Å²) in [6.07, 6.45) is -3.31. The Balaban J connectivity index is 0.000000587. The van der Waals surface area contributed by atoms with Crippen LogP contribution in [0.3, 0.4) is 0 Å².